The van der Waals surface area contributed by atoms with Crippen LogP contribution >= 0.6 is 11.8 Å². The number of imidazole rings is 1. The van der Waals surface area contributed by atoms with E-state index in [0.29, 0.717) is 42.3 Å². The molecule has 3 fully saturated rings. The smallest absolute Gasteiger partial charge is 0.164 e. The minimum atomic E-state index is 0.0795. The van der Waals surface area contributed by atoms with Crippen molar-refractivity contribution in [3.8, 4) is 0 Å². The Bertz CT molecular complexity index is 1200. The molecule has 180 valence electrons. The molecule has 34 heavy (non-hydrogen) atoms. The van der Waals surface area contributed by atoms with Gasteiger partial charge in [0.15, 0.2) is 17.2 Å². The SMILES string of the molecule is CSc1ncnc2c1ncn2CC(=O)[C@H]1CCC2C3CCC4=CC(=O)CC[C@@]4(C)C3CC[C@]21C. The van der Waals surface area contributed by atoms with Crippen molar-refractivity contribution >= 4 is 34.5 Å². The zero-order valence-electron chi connectivity index (χ0n) is 20.4. The van der Waals surface area contributed by atoms with Gasteiger partial charge in [-0.25, -0.2) is 15.0 Å². The molecular formula is C27H34N4O2S. The number of nitrogens with zero attached hydrogens (tertiary/aromatic N) is 4. The van der Waals surface area contributed by atoms with Crippen LogP contribution in [0.1, 0.15) is 65.2 Å². The van der Waals surface area contributed by atoms with Crippen LogP contribution in [0.5, 0.6) is 0 Å². The Kier molecular flexibility index (Phi) is 5.28. The van der Waals surface area contributed by atoms with Gasteiger partial charge in [0.2, 0.25) is 0 Å². The second kappa shape index (κ2) is 8.00. The van der Waals surface area contributed by atoms with E-state index in [0.717, 1.165) is 48.3 Å². The molecule has 2 aromatic rings. The van der Waals surface area contributed by atoms with Gasteiger partial charge in [0.25, 0.3) is 0 Å². The average Bonchev–Trinajstić information content (AvgIpc) is 3.40. The molecule has 6 nitrogen and oxygen atoms in total. The maximum absolute atomic E-state index is 13.7. The van der Waals surface area contributed by atoms with E-state index in [9.17, 15) is 9.59 Å². The number of rotatable bonds is 4. The summed E-state index contributed by atoms with van der Waals surface area (Å²) in [6.45, 7) is 5.17. The van der Waals surface area contributed by atoms with Crippen LogP contribution in [0.2, 0.25) is 0 Å². The molecule has 6 rings (SSSR count). The van der Waals surface area contributed by atoms with E-state index in [-0.39, 0.29) is 16.7 Å². The molecule has 6 atom stereocenters. The summed E-state index contributed by atoms with van der Waals surface area (Å²) in [5.74, 6) is 2.71. The van der Waals surface area contributed by atoms with E-state index in [1.165, 1.54) is 18.4 Å². The third-order valence-corrected chi connectivity index (χ3v) is 10.9. The Morgan fingerprint density at radius 3 is 2.76 bits per heavy atom. The van der Waals surface area contributed by atoms with Crippen LogP contribution in [0, 0.1) is 34.5 Å². The van der Waals surface area contributed by atoms with Gasteiger partial charge in [0.1, 0.15) is 16.9 Å². The third kappa shape index (κ3) is 3.18. The summed E-state index contributed by atoms with van der Waals surface area (Å²) in [5.41, 5.74) is 3.21. The highest BCUT2D eigenvalue weighted by atomic mass is 32.2. The number of aromatic nitrogens is 4. The van der Waals surface area contributed by atoms with E-state index >= 15 is 0 Å². The number of allylic oxidation sites excluding steroid dienone is 1. The van der Waals surface area contributed by atoms with Crippen LogP contribution in [0.15, 0.2) is 29.3 Å². The van der Waals surface area contributed by atoms with E-state index in [4.69, 9.17) is 0 Å². The zero-order valence-corrected chi connectivity index (χ0v) is 21.2. The van der Waals surface area contributed by atoms with Gasteiger partial charge in [0.05, 0.1) is 12.9 Å². The van der Waals surface area contributed by atoms with Crippen molar-refractivity contribution in [3.05, 3.63) is 24.3 Å². The minimum absolute atomic E-state index is 0.0795. The van der Waals surface area contributed by atoms with Gasteiger partial charge in [-0.2, -0.15) is 0 Å². The highest BCUT2D eigenvalue weighted by Gasteiger charge is 2.60. The number of thioether (sulfide) groups is 1. The maximum Gasteiger partial charge on any atom is 0.164 e. The van der Waals surface area contributed by atoms with Crippen LogP contribution in [0.3, 0.4) is 0 Å². The molecule has 3 unspecified atom stereocenters. The van der Waals surface area contributed by atoms with Crippen molar-refractivity contribution in [2.45, 2.75) is 76.8 Å². The summed E-state index contributed by atoms with van der Waals surface area (Å²) in [5, 5.41) is 0.853. The topological polar surface area (TPSA) is 77.7 Å². The molecule has 0 saturated heterocycles. The van der Waals surface area contributed by atoms with Gasteiger partial charge in [-0.1, -0.05) is 19.4 Å². The molecule has 4 aliphatic rings. The highest BCUT2D eigenvalue weighted by Crippen LogP contribution is 2.66. The van der Waals surface area contributed by atoms with Gasteiger partial charge < -0.3 is 4.57 Å². The standard InChI is InChI=1S/C27H34N4O2S/c1-26-10-8-17(32)12-16(26)4-5-18-19-6-7-21(27(19,2)11-9-20(18)26)22(33)13-31-15-30-23-24(31)28-14-29-25(23)34-3/h12,14-15,18-21H,4-11,13H2,1-3H3/t18?,19?,20?,21-,26-,27-/m1/s1. The van der Waals surface area contributed by atoms with Crippen LogP contribution in [-0.4, -0.2) is 37.3 Å². The van der Waals surface area contributed by atoms with E-state index in [2.05, 4.69) is 28.8 Å². The van der Waals surface area contributed by atoms with E-state index < -0.39 is 0 Å². The number of ketones is 2. The molecule has 0 bridgehead atoms. The quantitative estimate of drug-likeness (QED) is 0.440. The van der Waals surface area contributed by atoms with E-state index in [1.807, 2.05) is 16.9 Å². The molecule has 0 radical (unpaired) electrons. The second-order valence-corrected chi connectivity index (χ2v) is 12.3. The lowest BCUT2D eigenvalue weighted by Crippen LogP contribution is -2.51. The van der Waals surface area contributed by atoms with Gasteiger partial charge in [0, 0.05) is 12.3 Å². The van der Waals surface area contributed by atoms with Crippen molar-refractivity contribution in [3.63, 3.8) is 0 Å². The van der Waals surface area contributed by atoms with Crippen LogP contribution < -0.4 is 0 Å². The fourth-order valence-corrected chi connectivity index (χ4v) is 8.98. The zero-order chi connectivity index (χ0) is 23.7. The average molecular weight is 479 g/mol. The molecular weight excluding hydrogens is 444 g/mol. The molecule has 0 aromatic carbocycles. The lowest BCUT2D eigenvalue weighted by Gasteiger charge is -2.58. The number of Topliss-reactive ketones (excluding diaryl/α,β-unsaturated/α-hetero) is 1. The predicted molar refractivity (Wildman–Crippen MR) is 132 cm³/mol. The molecule has 0 aliphatic heterocycles. The van der Waals surface area contributed by atoms with Gasteiger partial charge in [-0.15, -0.1) is 11.8 Å². The molecule has 0 amide bonds. The monoisotopic (exact) mass is 478 g/mol. The first-order valence-corrected chi connectivity index (χ1v) is 14.0. The molecule has 7 heteroatoms. The van der Waals surface area contributed by atoms with Crippen molar-refractivity contribution in [1.82, 2.24) is 19.5 Å². The van der Waals surface area contributed by atoms with Gasteiger partial charge >= 0.3 is 0 Å². The Morgan fingerprint density at radius 1 is 1.09 bits per heavy atom. The second-order valence-electron chi connectivity index (χ2n) is 11.5. The number of carbonyl (C=O) groups is 2. The number of carbonyl (C=O) groups excluding carboxylic acids is 2. The summed E-state index contributed by atoms with van der Waals surface area (Å²) in [7, 11) is 0. The first-order chi connectivity index (χ1) is 16.3. The minimum Gasteiger partial charge on any atom is -0.308 e. The van der Waals surface area contributed by atoms with Gasteiger partial charge in [-0.05, 0) is 85.9 Å². The summed E-state index contributed by atoms with van der Waals surface area (Å²) in [6, 6.07) is 0. The number of hydrogen-bond donors (Lipinski definition) is 0. The first-order valence-electron chi connectivity index (χ1n) is 12.8. The normalized spacial score (nSPS) is 37.1. The summed E-state index contributed by atoms with van der Waals surface area (Å²) in [6.07, 6.45) is 15.7. The van der Waals surface area contributed by atoms with Crippen molar-refractivity contribution in [2.24, 2.45) is 34.5 Å². The third-order valence-electron chi connectivity index (χ3n) is 10.2. The molecule has 3 saturated carbocycles. The van der Waals surface area contributed by atoms with Crippen molar-refractivity contribution in [2.75, 3.05) is 6.26 Å². The maximum atomic E-state index is 13.7. The Morgan fingerprint density at radius 2 is 1.94 bits per heavy atom. The Hall–Kier alpha value is -2.02. The van der Waals surface area contributed by atoms with Crippen molar-refractivity contribution in [1.29, 1.82) is 0 Å². The fraction of sp³-hybridized carbons (Fsp3) is 0.667. The van der Waals surface area contributed by atoms with Crippen LogP contribution in [0.25, 0.3) is 11.2 Å². The molecule has 0 spiro atoms. The number of fused-ring (bicyclic) bond motifs is 6. The summed E-state index contributed by atoms with van der Waals surface area (Å²) in [4.78, 5) is 39.0. The molecule has 2 aromatic heterocycles. The van der Waals surface area contributed by atoms with Gasteiger partial charge in [-0.3, -0.25) is 9.59 Å². The van der Waals surface area contributed by atoms with Crippen LogP contribution in [-0.2, 0) is 16.1 Å². The lowest BCUT2D eigenvalue weighted by atomic mass is 9.46. The lowest BCUT2D eigenvalue weighted by molar-refractivity contribution is -0.131. The fourth-order valence-electron chi connectivity index (χ4n) is 8.49. The molecule has 4 aliphatic carbocycles. The summed E-state index contributed by atoms with van der Waals surface area (Å²) < 4.78 is 1.92. The van der Waals surface area contributed by atoms with Crippen molar-refractivity contribution < 1.29 is 9.59 Å². The van der Waals surface area contributed by atoms with E-state index in [1.54, 1.807) is 24.4 Å². The highest BCUT2D eigenvalue weighted by molar-refractivity contribution is 7.98. The Labute approximate surface area is 205 Å². The largest absolute Gasteiger partial charge is 0.308 e. The number of hydrogen-bond acceptors (Lipinski definition) is 6. The van der Waals surface area contributed by atoms with Crippen LogP contribution in [0.4, 0.5) is 0 Å². The summed E-state index contributed by atoms with van der Waals surface area (Å²) >= 11 is 1.55. The molecule has 2 heterocycles. The first kappa shape index (κ1) is 22.4. The molecule has 0 N–H and O–H groups in total. The predicted octanol–water partition coefficient (Wildman–Crippen LogP) is 5.27. The Balaban J connectivity index is 1.24.